The van der Waals surface area contributed by atoms with E-state index in [2.05, 4.69) is 5.32 Å². The number of benzene rings is 1. The zero-order valence-corrected chi connectivity index (χ0v) is 10.9. The Morgan fingerprint density at radius 1 is 1.41 bits per heavy atom. The number of halogens is 3. The average Bonchev–Trinajstić information content (AvgIpc) is 2.22. The predicted molar refractivity (Wildman–Crippen MR) is 66.1 cm³/mol. The lowest BCUT2D eigenvalue weighted by atomic mass is 10.3. The van der Waals surface area contributed by atoms with Crippen LogP contribution < -0.4 is 5.32 Å². The van der Waals surface area contributed by atoms with Gasteiger partial charge in [-0.25, -0.2) is 4.39 Å². The molecule has 0 spiro atoms. The van der Waals surface area contributed by atoms with Gasteiger partial charge in [0.15, 0.2) is 5.82 Å². The number of hydrogen-bond donors (Lipinski definition) is 1. The maximum absolute atomic E-state index is 13.1. The zero-order chi connectivity index (χ0) is 13.0. The minimum atomic E-state index is -0.677. The Labute approximate surface area is 109 Å². The van der Waals surface area contributed by atoms with E-state index in [9.17, 15) is 9.18 Å². The number of carbonyl (C=O) groups is 1. The van der Waals surface area contributed by atoms with Crippen LogP contribution in [0.4, 0.5) is 10.1 Å². The molecular weight excluding hydrogens is 268 g/mol. The van der Waals surface area contributed by atoms with E-state index in [0.717, 1.165) is 0 Å². The van der Waals surface area contributed by atoms with Gasteiger partial charge in [-0.3, -0.25) is 4.79 Å². The Morgan fingerprint density at radius 3 is 2.41 bits per heavy atom. The molecule has 0 saturated heterocycles. The highest BCUT2D eigenvalue weighted by molar-refractivity contribution is 6.35. The van der Waals surface area contributed by atoms with Crippen LogP contribution in [0.15, 0.2) is 12.1 Å². The Hall–Kier alpha value is -1.00. The highest BCUT2D eigenvalue weighted by atomic mass is 35.5. The van der Waals surface area contributed by atoms with Gasteiger partial charge in [0.25, 0.3) is 0 Å². The lowest BCUT2D eigenvalue weighted by molar-refractivity contribution is -0.145. The second-order valence-electron chi connectivity index (χ2n) is 3.65. The van der Waals surface area contributed by atoms with Crippen molar-refractivity contribution in [3.63, 3.8) is 0 Å². The Kier molecular flexibility index (Phi) is 5.02. The molecule has 1 N–H and O–H groups in total. The lowest BCUT2D eigenvalue weighted by Crippen LogP contribution is -2.20. The number of anilines is 1. The van der Waals surface area contributed by atoms with Gasteiger partial charge in [-0.05, 0) is 26.0 Å². The van der Waals surface area contributed by atoms with Crippen LogP contribution in [0.25, 0.3) is 0 Å². The van der Waals surface area contributed by atoms with Gasteiger partial charge in [0.2, 0.25) is 0 Å². The van der Waals surface area contributed by atoms with Crippen LogP contribution in [-0.2, 0) is 9.53 Å². The third kappa shape index (κ3) is 4.40. The molecule has 17 heavy (non-hydrogen) atoms. The monoisotopic (exact) mass is 279 g/mol. The number of esters is 1. The summed E-state index contributed by atoms with van der Waals surface area (Å²) in [5.74, 6) is -1.08. The molecule has 0 aliphatic carbocycles. The van der Waals surface area contributed by atoms with Crippen molar-refractivity contribution in [2.24, 2.45) is 0 Å². The summed E-state index contributed by atoms with van der Waals surface area (Å²) in [6, 6.07) is 2.71. The van der Waals surface area contributed by atoms with Crippen LogP contribution in [0.2, 0.25) is 10.0 Å². The van der Waals surface area contributed by atoms with Gasteiger partial charge in [0.05, 0.1) is 16.1 Å². The molecule has 0 fully saturated rings. The summed E-state index contributed by atoms with van der Waals surface area (Å²) >= 11 is 11.2. The van der Waals surface area contributed by atoms with Gasteiger partial charge in [0, 0.05) is 5.69 Å². The molecule has 0 atom stereocenters. The Morgan fingerprint density at radius 2 is 1.94 bits per heavy atom. The largest absolute Gasteiger partial charge is 0.462 e. The summed E-state index contributed by atoms with van der Waals surface area (Å²) in [7, 11) is 0. The van der Waals surface area contributed by atoms with Crippen LogP contribution in [0.1, 0.15) is 13.8 Å². The molecule has 0 unspecified atom stereocenters. The van der Waals surface area contributed by atoms with Crippen molar-refractivity contribution < 1.29 is 13.9 Å². The minimum absolute atomic E-state index is 0.0313. The van der Waals surface area contributed by atoms with Gasteiger partial charge < -0.3 is 10.1 Å². The summed E-state index contributed by atoms with van der Waals surface area (Å²) in [5, 5.41) is 2.55. The van der Waals surface area contributed by atoms with Crippen molar-refractivity contribution in [3.05, 3.63) is 28.0 Å². The summed E-state index contributed by atoms with van der Waals surface area (Å²) in [5.41, 5.74) is 0.460. The predicted octanol–water partition coefficient (Wildman–Crippen LogP) is 3.50. The second-order valence-corrected chi connectivity index (χ2v) is 4.46. The van der Waals surface area contributed by atoms with Crippen molar-refractivity contribution in [1.82, 2.24) is 0 Å². The maximum atomic E-state index is 13.1. The molecule has 0 aliphatic heterocycles. The number of ether oxygens (including phenoxy) is 1. The van der Waals surface area contributed by atoms with Crippen molar-refractivity contribution in [2.75, 3.05) is 11.9 Å². The highest BCUT2D eigenvalue weighted by Gasteiger charge is 2.09. The number of carbonyl (C=O) groups excluding carboxylic acids is 1. The molecule has 1 aromatic carbocycles. The Bertz CT molecular complexity index is 401. The molecule has 0 aromatic heterocycles. The number of rotatable bonds is 4. The molecule has 6 heteroatoms. The van der Waals surface area contributed by atoms with Gasteiger partial charge in [-0.1, -0.05) is 23.2 Å². The molecule has 0 heterocycles. The van der Waals surface area contributed by atoms with E-state index in [4.69, 9.17) is 27.9 Å². The average molecular weight is 280 g/mol. The van der Waals surface area contributed by atoms with Crippen LogP contribution in [-0.4, -0.2) is 18.6 Å². The zero-order valence-electron chi connectivity index (χ0n) is 9.39. The van der Waals surface area contributed by atoms with Crippen molar-refractivity contribution in [1.29, 1.82) is 0 Å². The summed E-state index contributed by atoms with van der Waals surface area (Å²) in [6.45, 7) is 3.48. The number of hydrogen-bond acceptors (Lipinski definition) is 3. The SMILES string of the molecule is CC(C)OC(=O)CNc1cc(Cl)c(F)c(Cl)c1. The third-order valence-corrected chi connectivity index (χ3v) is 2.34. The van der Waals surface area contributed by atoms with E-state index in [-0.39, 0.29) is 22.7 Å². The van der Waals surface area contributed by atoms with Crippen LogP contribution in [0.5, 0.6) is 0 Å². The minimum Gasteiger partial charge on any atom is -0.462 e. The molecule has 94 valence electrons. The molecule has 0 aliphatic rings. The van der Waals surface area contributed by atoms with Gasteiger partial charge in [-0.15, -0.1) is 0 Å². The molecule has 0 saturated carbocycles. The van der Waals surface area contributed by atoms with Crippen molar-refractivity contribution in [3.8, 4) is 0 Å². The first-order chi connectivity index (χ1) is 7.90. The maximum Gasteiger partial charge on any atom is 0.325 e. The molecule has 3 nitrogen and oxygen atoms in total. The quantitative estimate of drug-likeness (QED) is 0.677. The number of nitrogens with one attached hydrogen (secondary N) is 1. The van der Waals surface area contributed by atoms with Crippen LogP contribution >= 0.6 is 23.2 Å². The van der Waals surface area contributed by atoms with Gasteiger partial charge >= 0.3 is 5.97 Å². The van der Waals surface area contributed by atoms with Crippen molar-refractivity contribution >= 4 is 34.9 Å². The topological polar surface area (TPSA) is 38.3 Å². The molecule has 0 bridgehead atoms. The summed E-state index contributed by atoms with van der Waals surface area (Å²) in [4.78, 5) is 11.2. The highest BCUT2D eigenvalue weighted by Crippen LogP contribution is 2.27. The molecule has 0 radical (unpaired) electrons. The van der Waals surface area contributed by atoms with Crippen LogP contribution in [0, 0.1) is 5.82 Å². The molecule has 1 aromatic rings. The third-order valence-electron chi connectivity index (χ3n) is 1.79. The lowest BCUT2D eigenvalue weighted by Gasteiger charge is -2.10. The van der Waals surface area contributed by atoms with E-state index in [1.165, 1.54) is 12.1 Å². The molecule has 0 amide bonds. The fourth-order valence-electron chi connectivity index (χ4n) is 1.14. The standard InChI is InChI=1S/C11H12Cl2FNO2/c1-6(2)17-10(16)5-15-7-3-8(12)11(14)9(13)4-7/h3-4,6,15H,5H2,1-2H3. The normalized spacial score (nSPS) is 10.5. The molecule has 1 rings (SSSR count). The van der Waals surface area contributed by atoms with Gasteiger partial charge in [0.1, 0.15) is 6.54 Å². The molecular formula is C11H12Cl2FNO2. The van der Waals surface area contributed by atoms with E-state index in [0.29, 0.717) is 5.69 Å². The van der Waals surface area contributed by atoms with E-state index >= 15 is 0 Å². The fraction of sp³-hybridized carbons (Fsp3) is 0.364. The smallest absolute Gasteiger partial charge is 0.325 e. The Balaban J connectivity index is 2.61. The van der Waals surface area contributed by atoms with Gasteiger partial charge in [-0.2, -0.15) is 0 Å². The van der Waals surface area contributed by atoms with Crippen LogP contribution in [0.3, 0.4) is 0 Å². The first-order valence-electron chi connectivity index (χ1n) is 4.98. The second kappa shape index (κ2) is 6.07. The van der Waals surface area contributed by atoms with E-state index < -0.39 is 11.8 Å². The first-order valence-corrected chi connectivity index (χ1v) is 5.73. The fourth-order valence-corrected chi connectivity index (χ4v) is 1.62. The van der Waals surface area contributed by atoms with Crippen molar-refractivity contribution in [2.45, 2.75) is 20.0 Å². The summed E-state index contributed by atoms with van der Waals surface area (Å²) < 4.78 is 18.0. The van der Waals surface area contributed by atoms with E-state index in [1.807, 2.05) is 0 Å². The first kappa shape index (κ1) is 14.1. The van der Waals surface area contributed by atoms with E-state index in [1.54, 1.807) is 13.8 Å². The summed E-state index contributed by atoms with van der Waals surface area (Å²) in [6.07, 6.45) is -0.176.